The van der Waals surface area contributed by atoms with Crippen LogP contribution in [-0.2, 0) is 0 Å². The lowest BCUT2D eigenvalue weighted by Gasteiger charge is -2.14. The second-order valence-corrected chi connectivity index (χ2v) is 15.9. The zero-order valence-corrected chi connectivity index (χ0v) is 33.6. The van der Waals surface area contributed by atoms with Crippen molar-refractivity contribution in [2.75, 3.05) is 0 Å². The Bertz CT molecular complexity index is 3680. The number of pyridine rings is 1. The molecule has 0 saturated heterocycles. The van der Waals surface area contributed by atoms with Crippen molar-refractivity contribution in [3.05, 3.63) is 224 Å². The Morgan fingerprint density at radius 1 is 0.339 bits per heavy atom. The highest BCUT2D eigenvalue weighted by Crippen LogP contribution is 2.41. The van der Waals surface area contributed by atoms with Crippen LogP contribution in [-0.4, -0.2) is 14.1 Å². The van der Waals surface area contributed by atoms with Crippen molar-refractivity contribution in [2.45, 2.75) is 0 Å². The number of fused-ring (bicyclic) bond motifs is 8. The van der Waals surface area contributed by atoms with Crippen molar-refractivity contribution in [3.8, 4) is 62.2 Å². The maximum Gasteiger partial charge on any atom is 0.0991 e. The van der Waals surface area contributed by atoms with E-state index in [4.69, 9.17) is 4.98 Å². The predicted octanol–water partition coefficient (Wildman–Crippen LogP) is 15.0. The summed E-state index contributed by atoms with van der Waals surface area (Å²) in [6, 6.07) is 79.9. The number of para-hydroxylation sites is 2. The fraction of sp³-hybridized carbons (Fsp3) is 0. The smallest absolute Gasteiger partial charge is 0.0991 e. The van der Waals surface area contributed by atoms with Crippen LogP contribution in [0, 0.1) is 11.3 Å². The third kappa shape index (κ3) is 5.79. The topological polar surface area (TPSA) is 46.5 Å². The lowest BCUT2D eigenvalue weighted by Crippen LogP contribution is -1.96. The zero-order chi connectivity index (χ0) is 41.1. The van der Waals surface area contributed by atoms with E-state index in [0.717, 1.165) is 72.7 Å². The van der Waals surface area contributed by atoms with Crippen molar-refractivity contribution in [2.24, 2.45) is 0 Å². The van der Waals surface area contributed by atoms with Crippen LogP contribution in [0.5, 0.6) is 0 Å². The van der Waals surface area contributed by atoms with Gasteiger partial charge in [0, 0.05) is 49.4 Å². The number of nitrogens with zero attached hydrogens (tertiary/aromatic N) is 4. The molecule has 0 N–H and O–H groups in total. The average molecular weight is 789 g/mol. The SMILES string of the molecule is N#Cc1ccc(-n2c3ccccc3c3cc(-c4ccc5ccc6c7ccccc7n(-c7cccc(-c8cc(-c9ccccc9)cc(-c9ccccc9)n8)c7)c6c5c4)ccc32)cc1. The van der Waals surface area contributed by atoms with Gasteiger partial charge in [-0.1, -0.05) is 140 Å². The van der Waals surface area contributed by atoms with Crippen LogP contribution in [0.3, 0.4) is 0 Å². The summed E-state index contributed by atoms with van der Waals surface area (Å²) < 4.78 is 4.73. The van der Waals surface area contributed by atoms with E-state index in [2.05, 4.69) is 203 Å². The predicted molar refractivity (Wildman–Crippen MR) is 257 cm³/mol. The molecule has 0 aliphatic heterocycles. The average Bonchev–Trinajstić information content (AvgIpc) is 3.87. The Balaban J connectivity index is 1.04. The van der Waals surface area contributed by atoms with Gasteiger partial charge in [-0.05, 0) is 107 Å². The highest BCUT2D eigenvalue weighted by atomic mass is 15.0. The summed E-state index contributed by atoms with van der Waals surface area (Å²) in [6.45, 7) is 0. The molecular formula is C58H36N4. The molecule has 4 heteroatoms. The molecule has 0 atom stereocenters. The quantitative estimate of drug-likeness (QED) is 0.168. The first-order chi connectivity index (χ1) is 30.7. The Morgan fingerprint density at radius 2 is 0.919 bits per heavy atom. The number of rotatable bonds is 6. The molecule has 0 aliphatic rings. The fourth-order valence-corrected chi connectivity index (χ4v) is 9.38. The summed E-state index contributed by atoms with van der Waals surface area (Å²) in [4.78, 5) is 5.29. The highest BCUT2D eigenvalue weighted by molar-refractivity contribution is 6.19. The van der Waals surface area contributed by atoms with Crippen molar-refractivity contribution in [3.63, 3.8) is 0 Å². The number of hydrogen-bond donors (Lipinski definition) is 0. The van der Waals surface area contributed by atoms with Crippen LogP contribution in [0.2, 0.25) is 0 Å². The molecule has 0 unspecified atom stereocenters. The van der Waals surface area contributed by atoms with Crippen molar-refractivity contribution >= 4 is 54.4 Å². The molecule has 4 nitrogen and oxygen atoms in total. The first kappa shape index (κ1) is 35.4. The molecule has 3 heterocycles. The van der Waals surface area contributed by atoms with Gasteiger partial charge in [0.05, 0.1) is 45.1 Å². The van der Waals surface area contributed by atoms with E-state index < -0.39 is 0 Å². The minimum atomic E-state index is 0.650. The lowest BCUT2D eigenvalue weighted by molar-refractivity contribution is 1.18. The molecule has 0 bridgehead atoms. The van der Waals surface area contributed by atoms with Crippen LogP contribution in [0.15, 0.2) is 218 Å². The summed E-state index contributed by atoms with van der Waals surface area (Å²) in [5.41, 5.74) is 16.0. The maximum absolute atomic E-state index is 9.45. The lowest BCUT2D eigenvalue weighted by atomic mass is 9.98. The number of nitriles is 1. The molecule has 0 aliphatic carbocycles. The van der Waals surface area contributed by atoms with Gasteiger partial charge in [-0.15, -0.1) is 0 Å². The van der Waals surface area contributed by atoms with Crippen LogP contribution >= 0.6 is 0 Å². The zero-order valence-electron chi connectivity index (χ0n) is 33.6. The summed E-state index contributed by atoms with van der Waals surface area (Å²) >= 11 is 0. The Labute approximate surface area is 358 Å². The van der Waals surface area contributed by atoms with E-state index in [0.29, 0.717) is 5.56 Å². The molecule has 288 valence electrons. The number of hydrogen-bond acceptors (Lipinski definition) is 2. The van der Waals surface area contributed by atoms with Gasteiger partial charge in [-0.2, -0.15) is 5.26 Å². The Hall–Kier alpha value is -8.52. The van der Waals surface area contributed by atoms with Crippen LogP contribution in [0.1, 0.15) is 5.56 Å². The Kier molecular flexibility index (Phi) is 8.19. The summed E-state index contributed by atoms with van der Waals surface area (Å²) in [6.07, 6.45) is 0. The van der Waals surface area contributed by atoms with Gasteiger partial charge in [0.2, 0.25) is 0 Å². The third-order valence-corrected chi connectivity index (χ3v) is 12.3. The van der Waals surface area contributed by atoms with Gasteiger partial charge in [-0.3, -0.25) is 0 Å². The van der Waals surface area contributed by atoms with Gasteiger partial charge in [0.25, 0.3) is 0 Å². The van der Waals surface area contributed by atoms with E-state index in [1.54, 1.807) is 0 Å². The molecule has 9 aromatic carbocycles. The van der Waals surface area contributed by atoms with E-state index >= 15 is 0 Å². The first-order valence-electron chi connectivity index (χ1n) is 20.9. The Morgan fingerprint density at radius 3 is 1.66 bits per heavy atom. The van der Waals surface area contributed by atoms with Gasteiger partial charge < -0.3 is 9.13 Å². The van der Waals surface area contributed by atoms with Crippen LogP contribution in [0.25, 0.3) is 111 Å². The summed E-state index contributed by atoms with van der Waals surface area (Å²) in [5, 5.41) is 16.6. The largest absolute Gasteiger partial charge is 0.309 e. The normalized spacial score (nSPS) is 11.5. The molecule has 0 fully saturated rings. The molecule has 0 saturated carbocycles. The third-order valence-electron chi connectivity index (χ3n) is 12.3. The second kappa shape index (κ2) is 14.3. The van der Waals surface area contributed by atoms with Crippen molar-refractivity contribution < 1.29 is 0 Å². The summed E-state index contributed by atoms with van der Waals surface area (Å²) in [7, 11) is 0. The second-order valence-electron chi connectivity index (χ2n) is 15.9. The molecule has 0 radical (unpaired) electrons. The standard InChI is InChI=1S/C58H36N4/c59-37-38-22-28-46(29-23-38)61-55-20-9-8-19-49(55)52-34-43(27-31-57(52)61)42-25-24-40-26-30-50-48-18-7-10-21-56(48)62(58(50)51(40)33-42)47-17-11-16-44(32-47)54-36-45(39-12-3-1-4-13-39)35-53(60-54)41-14-5-2-6-15-41/h1-36H. The number of aromatic nitrogens is 3. The van der Waals surface area contributed by atoms with Gasteiger partial charge in [0.15, 0.2) is 0 Å². The monoisotopic (exact) mass is 788 g/mol. The molecule has 62 heavy (non-hydrogen) atoms. The molecular weight excluding hydrogens is 753 g/mol. The minimum absolute atomic E-state index is 0.650. The van der Waals surface area contributed by atoms with Gasteiger partial charge in [-0.25, -0.2) is 4.98 Å². The highest BCUT2D eigenvalue weighted by Gasteiger charge is 2.18. The fourth-order valence-electron chi connectivity index (χ4n) is 9.38. The van der Waals surface area contributed by atoms with Crippen LogP contribution < -0.4 is 0 Å². The summed E-state index contributed by atoms with van der Waals surface area (Å²) in [5.74, 6) is 0. The van der Waals surface area contributed by atoms with Crippen LogP contribution in [0.4, 0.5) is 0 Å². The van der Waals surface area contributed by atoms with Crippen molar-refractivity contribution in [1.29, 1.82) is 5.26 Å². The van der Waals surface area contributed by atoms with Gasteiger partial charge >= 0.3 is 0 Å². The molecule has 12 rings (SSSR count). The first-order valence-corrected chi connectivity index (χ1v) is 20.9. The molecule has 0 amide bonds. The van der Waals surface area contributed by atoms with E-state index in [9.17, 15) is 5.26 Å². The van der Waals surface area contributed by atoms with E-state index in [-0.39, 0.29) is 0 Å². The van der Waals surface area contributed by atoms with Gasteiger partial charge in [0.1, 0.15) is 0 Å². The number of benzene rings is 9. The maximum atomic E-state index is 9.45. The van der Waals surface area contributed by atoms with E-state index in [1.165, 1.54) is 37.8 Å². The van der Waals surface area contributed by atoms with E-state index in [1.807, 2.05) is 30.3 Å². The molecule has 3 aromatic heterocycles. The van der Waals surface area contributed by atoms with Crippen molar-refractivity contribution in [1.82, 2.24) is 14.1 Å². The minimum Gasteiger partial charge on any atom is -0.309 e. The molecule has 12 aromatic rings. The molecule has 0 spiro atoms.